The predicted molar refractivity (Wildman–Crippen MR) is 99.6 cm³/mol. The first-order chi connectivity index (χ1) is 12.7. The zero-order chi connectivity index (χ0) is 17.9. The van der Waals surface area contributed by atoms with Gasteiger partial charge in [0.15, 0.2) is 0 Å². The van der Waals surface area contributed by atoms with Crippen LogP contribution in [0.25, 0.3) is 0 Å². The summed E-state index contributed by atoms with van der Waals surface area (Å²) in [5.74, 6) is 1.77. The molecule has 1 aliphatic heterocycles. The van der Waals surface area contributed by atoms with Gasteiger partial charge >= 0.3 is 0 Å². The van der Waals surface area contributed by atoms with Crippen molar-refractivity contribution in [3.05, 3.63) is 71.2 Å². The molecule has 6 nitrogen and oxygen atoms in total. The van der Waals surface area contributed by atoms with E-state index in [1.807, 2.05) is 43.8 Å². The Hall–Kier alpha value is -2.73. The third kappa shape index (κ3) is 3.60. The van der Waals surface area contributed by atoms with E-state index in [2.05, 4.69) is 31.8 Å². The van der Waals surface area contributed by atoms with Gasteiger partial charge in [0.2, 0.25) is 5.95 Å². The Balaban J connectivity index is 1.48. The van der Waals surface area contributed by atoms with E-state index in [0.29, 0.717) is 0 Å². The molecule has 0 amide bonds. The fourth-order valence-corrected chi connectivity index (χ4v) is 3.44. The summed E-state index contributed by atoms with van der Waals surface area (Å²) in [4.78, 5) is 17.9. The summed E-state index contributed by atoms with van der Waals surface area (Å²) in [5.41, 5.74) is 5.05. The van der Waals surface area contributed by atoms with Crippen molar-refractivity contribution >= 4 is 5.95 Å². The first-order valence-corrected chi connectivity index (χ1v) is 8.88. The van der Waals surface area contributed by atoms with E-state index >= 15 is 0 Å². The summed E-state index contributed by atoms with van der Waals surface area (Å²) < 4.78 is 5.45. The number of anilines is 1. The average molecular weight is 349 g/mol. The van der Waals surface area contributed by atoms with E-state index in [1.165, 1.54) is 16.7 Å². The second-order valence-corrected chi connectivity index (χ2v) is 6.92. The minimum Gasteiger partial charge on any atom is -0.468 e. The topological polar surface area (TPSA) is 58.3 Å². The Labute approximate surface area is 153 Å². The summed E-state index contributed by atoms with van der Waals surface area (Å²) >= 11 is 0. The highest BCUT2D eigenvalue weighted by atomic mass is 16.3. The zero-order valence-electron chi connectivity index (χ0n) is 15.2. The van der Waals surface area contributed by atoms with Crippen LogP contribution in [-0.4, -0.2) is 33.4 Å². The molecule has 0 aromatic carbocycles. The molecule has 0 fully saturated rings. The van der Waals surface area contributed by atoms with Crippen LogP contribution in [0.15, 0.2) is 47.6 Å². The predicted octanol–water partition coefficient (Wildman–Crippen LogP) is 2.97. The van der Waals surface area contributed by atoms with Crippen LogP contribution in [0.2, 0.25) is 0 Å². The van der Waals surface area contributed by atoms with Crippen LogP contribution in [0, 0.1) is 6.92 Å². The molecule has 4 heterocycles. The zero-order valence-corrected chi connectivity index (χ0v) is 15.2. The first kappa shape index (κ1) is 16.7. The number of fused-ring (bicyclic) bond motifs is 1. The molecule has 134 valence electrons. The smallest absolute Gasteiger partial charge is 0.225 e. The largest absolute Gasteiger partial charge is 0.468 e. The molecule has 0 atom stereocenters. The van der Waals surface area contributed by atoms with E-state index in [-0.39, 0.29) is 0 Å². The van der Waals surface area contributed by atoms with Crippen molar-refractivity contribution in [2.45, 2.75) is 33.0 Å². The molecule has 3 aromatic rings. The van der Waals surface area contributed by atoms with Crippen molar-refractivity contribution in [3.8, 4) is 0 Å². The normalized spacial score (nSPS) is 13.9. The van der Waals surface area contributed by atoms with Gasteiger partial charge in [-0.1, -0.05) is 0 Å². The minimum atomic E-state index is 0.792. The molecular weight excluding hydrogens is 326 g/mol. The number of nitrogens with zero attached hydrogens (tertiary/aromatic N) is 5. The highest BCUT2D eigenvalue weighted by molar-refractivity contribution is 5.41. The number of hydrogen-bond donors (Lipinski definition) is 0. The molecule has 6 heteroatoms. The maximum atomic E-state index is 5.45. The van der Waals surface area contributed by atoms with Crippen molar-refractivity contribution in [1.82, 2.24) is 19.9 Å². The van der Waals surface area contributed by atoms with E-state index in [0.717, 1.165) is 49.9 Å². The third-order valence-corrected chi connectivity index (χ3v) is 4.73. The number of hydrogen-bond acceptors (Lipinski definition) is 6. The maximum Gasteiger partial charge on any atom is 0.225 e. The average Bonchev–Trinajstić information content (AvgIpc) is 3.15. The van der Waals surface area contributed by atoms with Crippen molar-refractivity contribution in [3.63, 3.8) is 0 Å². The molecule has 1 aliphatic rings. The second-order valence-electron chi connectivity index (χ2n) is 6.92. The van der Waals surface area contributed by atoms with Crippen LogP contribution >= 0.6 is 0 Å². The van der Waals surface area contributed by atoms with E-state index in [1.54, 1.807) is 6.26 Å². The van der Waals surface area contributed by atoms with Crippen LogP contribution in [0.4, 0.5) is 5.95 Å². The number of aryl methyl sites for hydroxylation is 1. The molecule has 0 radical (unpaired) electrons. The Morgan fingerprint density at radius 2 is 2.00 bits per heavy atom. The lowest BCUT2D eigenvalue weighted by molar-refractivity contribution is 0.286. The Bertz CT molecular complexity index is 860. The number of rotatable bonds is 5. The van der Waals surface area contributed by atoms with Gasteiger partial charge in [-0.05, 0) is 54.8 Å². The Kier molecular flexibility index (Phi) is 4.67. The summed E-state index contributed by atoms with van der Waals surface area (Å²) in [6.07, 6.45) is 10.4. The van der Waals surface area contributed by atoms with Gasteiger partial charge in [-0.3, -0.25) is 9.88 Å². The molecule has 0 aliphatic carbocycles. The molecular formula is C20H23N5O. The second kappa shape index (κ2) is 7.25. The summed E-state index contributed by atoms with van der Waals surface area (Å²) in [5, 5.41) is 0. The minimum absolute atomic E-state index is 0.792. The number of furan rings is 1. The fourth-order valence-electron chi connectivity index (χ4n) is 3.44. The molecule has 3 aromatic heterocycles. The van der Waals surface area contributed by atoms with E-state index < -0.39 is 0 Å². The van der Waals surface area contributed by atoms with Gasteiger partial charge in [0.25, 0.3) is 0 Å². The van der Waals surface area contributed by atoms with Crippen LogP contribution in [-0.2, 0) is 26.1 Å². The van der Waals surface area contributed by atoms with Crippen LogP contribution in [0.5, 0.6) is 0 Å². The lowest BCUT2D eigenvalue weighted by Gasteiger charge is -2.30. The quantitative estimate of drug-likeness (QED) is 0.706. The third-order valence-electron chi connectivity index (χ3n) is 4.73. The van der Waals surface area contributed by atoms with Crippen LogP contribution < -0.4 is 4.90 Å². The molecule has 0 bridgehead atoms. The van der Waals surface area contributed by atoms with Gasteiger partial charge in [0, 0.05) is 44.4 Å². The van der Waals surface area contributed by atoms with E-state index in [9.17, 15) is 0 Å². The molecule has 0 spiro atoms. The monoisotopic (exact) mass is 349 g/mol. The summed E-state index contributed by atoms with van der Waals surface area (Å²) in [6.45, 7) is 5.39. The standard InChI is InChI=1S/C20H23N5O/c1-15-8-22-20(23-9-15)25-6-5-19-16(10-21-11-17(19)13-25)12-24(2)14-18-4-3-7-26-18/h3-4,7-11H,5-6,12-14H2,1-2H3. The maximum absolute atomic E-state index is 5.45. The SMILES string of the molecule is Cc1cnc(N2CCc3c(CN(C)Cc4ccco4)cncc3C2)nc1. The summed E-state index contributed by atoms with van der Waals surface area (Å²) in [7, 11) is 2.11. The molecule has 0 saturated heterocycles. The van der Waals surface area contributed by atoms with Crippen molar-refractivity contribution < 1.29 is 4.42 Å². The lowest BCUT2D eigenvalue weighted by Crippen LogP contribution is -2.33. The lowest BCUT2D eigenvalue weighted by atomic mass is 9.97. The van der Waals surface area contributed by atoms with E-state index in [4.69, 9.17) is 4.42 Å². The highest BCUT2D eigenvalue weighted by Crippen LogP contribution is 2.25. The fraction of sp³-hybridized carbons (Fsp3) is 0.350. The van der Waals surface area contributed by atoms with Gasteiger partial charge in [0.1, 0.15) is 5.76 Å². The Morgan fingerprint density at radius 1 is 1.15 bits per heavy atom. The molecule has 4 rings (SSSR count). The summed E-state index contributed by atoms with van der Waals surface area (Å²) in [6, 6.07) is 3.94. The van der Waals surface area contributed by atoms with Crippen molar-refractivity contribution in [2.75, 3.05) is 18.5 Å². The van der Waals surface area contributed by atoms with Crippen molar-refractivity contribution in [1.29, 1.82) is 0 Å². The van der Waals surface area contributed by atoms with Gasteiger partial charge in [-0.15, -0.1) is 0 Å². The molecule has 26 heavy (non-hydrogen) atoms. The molecule has 0 saturated carbocycles. The highest BCUT2D eigenvalue weighted by Gasteiger charge is 2.21. The Morgan fingerprint density at radius 3 is 2.77 bits per heavy atom. The van der Waals surface area contributed by atoms with Crippen LogP contribution in [0.1, 0.15) is 28.0 Å². The van der Waals surface area contributed by atoms with Gasteiger partial charge in [-0.2, -0.15) is 0 Å². The van der Waals surface area contributed by atoms with Gasteiger partial charge in [0.05, 0.1) is 12.8 Å². The van der Waals surface area contributed by atoms with Gasteiger partial charge < -0.3 is 9.32 Å². The number of aromatic nitrogens is 3. The number of pyridine rings is 1. The van der Waals surface area contributed by atoms with Crippen LogP contribution in [0.3, 0.4) is 0 Å². The first-order valence-electron chi connectivity index (χ1n) is 8.88. The molecule has 0 N–H and O–H groups in total. The van der Waals surface area contributed by atoms with Gasteiger partial charge in [-0.25, -0.2) is 9.97 Å². The van der Waals surface area contributed by atoms with Crippen molar-refractivity contribution in [2.24, 2.45) is 0 Å². The molecule has 0 unspecified atom stereocenters.